The molecule has 2 aromatic rings. The molecule has 6 heteroatoms. The van der Waals surface area contributed by atoms with Crippen LogP contribution < -0.4 is 5.32 Å². The highest BCUT2D eigenvalue weighted by atomic mass is 32.2. The number of aromatic amines is 1. The van der Waals surface area contributed by atoms with Gasteiger partial charge in [0.15, 0.2) is 5.16 Å². The van der Waals surface area contributed by atoms with Crippen molar-refractivity contribution in [3.8, 4) is 0 Å². The second-order valence-corrected chi connectivity index (χ2v) is 5.74. The second-order valence-electron chi connectivity index (χ2n) is 4.74. The van der Waals surface area contributed by atoms with Crippen LogP contribution in [0.2, 0.25) is 0 Å². The Balaban J connectivity index is 2.02. The molecule has 5 nitrogen and oxygen atoms in total. The number of likely N-dealkylation sites (N-methyl/N-ethyl adjacent to an activating group) is 1. The van der Waals surface area contributed by atoms with E-state index in [4.69, 9.17) is 4.74 Å². The minimum absolute atomic E-state index is 0.209. The molecule has 0 radical (unpaired) electrons. The summed E-state index contributed by atoms with van der Waals surface area (Å²) in [6, 6.07) is 5.80. The fourth-order valence-corrected chi connectivity index (χ4v) is 2.95. The molecule has 0 amide bonds. The lowest BCUT2D eigenvalue weighted by Gasteiger charge is -2.14. The quantitative estimate of drug-likeness (QED) is 0.608. The van der Waals surface area contributed by atoms with Crippen LogP contribution in [0.5, 0.6) is 0 Å². The highest BCUT2D eigenvalue weighted by Crippen LogP contribution is 2.21. The number of carbonyl (C=O) groups is 1. The predicted octanol–water partition coefficient (Wildman–Crippen LogP) is 2.50. The number of imidazole rings is 1. The summed E-state index contributed by atoms with van der Waals surface area (Å²) in [4.78, 5) is 19.6. The van der Waals surface area contributed by atoms with E-state index in [0.29, 0.717) is 12.4 Å². The van der Waals surface area contributed by atoms with E-state index in [9.17, 15) is 4.79 Å². The minimum atomic E-state index is -0.310. The number of fused-ring (bicyclic) bond motifs is 1. The maximum Gasteiger partial charge on any atom is 0.323 e. The van der Waals surface area contributed by atoms with Gasteiger partial charge in [-0.1, -0.05) is 24.8 Å². The van der Waals surface area contributed by atoms with Crippen molar-refractivity contribution in [2.24, 2.45) is 0 Å². The molecule has 0 bridgehead atoms. The first-order chi connectivity index (χ1) is 10.1. The number of nitrogens with zero attached hydrogens (tertiary/aromatic N) is 1. The van der Waals surface area contributed by atoms with E-state index < -0.39 is 0 Å². The molecule has 1 unspecified atom stereocenters. The number of H-pyrrole nitrogens is 1. The first kappa shape index (κ1) is 15.9. The zero-order chi connectivity index (χ0) is 15.2. The molecule has 0 fully saturated rings. The van der Waals surface area contributed by atoms with Gasteiger partial charge in [0.05, 0.1) is 17.6 Å². The third-order valence-electron chi connectivity index (χ3n) is 3.02. The molecule has 0 saturated heterocycles. The molecule has 2 N–H and O–H groups in total. The molecule has 0 aliphatic carbocycles. The lowest BCUT2D eigenvalue weighted by molar-refractivity contribution is -0.144. The molecule has 114 valence electrons. The maximum absolute atomic E-state index is 11.8. The third-order valence-corrected chi connectivity index (χ3v) is 3.99. The molecular formula is C15H21N3O2S. The molecule has 1 aromatic heterocycles. The molecule has 0 saturated carbocycles. The molecule has 1 atom stereocenters. The summed E-state index contributed by atoms with van der Waals surface area (Å²) in [7, 11) is 0. The van der Waals surface area contributed by atoms with E-state index in [1.807, 2.05) is 26.0 Å². The SMILES string of the molecule is CCNC(CSc1nc2ccc(C)cc2[nH]1)C(=O)OCC. The van der Waals surface area contributed by atoms with E-state index in [0.717, 1.165) is 22.7 Å². The third kappa shape index (κ3) is 4.22. The van der Waals surface area contributed by atoms with Crippen molar-refractivity contribution in [3.63, 3.8) is 0 Å². The number of nitrogens with one attached hydrogen (secondary N) is 2. The molecule has 2 rings (SSSR count). The average Bonchev–Trinajstić information content (AvgIpc) is 2.85. The van der Waals surface area contributed by atoms with Gasteiger partial charge in [-0.15, -0.1) is 0 Å². The second kappa shape index (κ2) is 7.47. The molecule has 0 aliphatic heterocycles. The summed E-state index contributed by atoms with van der Waals surface area (Å²) in [5.74, 6) is 0.379. The standard InChI is InChI=1S/C15H21N3O2S/c1-4-16-13(14(19)20-5-2)9-21-15-17-11-7-6-10(3)8-12(11)18-15/h6-8,13,16H,4-5,9H2,1-3H3,(H,17,18). The van der Waals surface area contributed by atoms with E-state index in [2.05, 4.69) is 28.3 Å². The van der Waals surface area contributed by atoms with Gasteiger partial charge in [0.2, 0.25) is 0 Å². The van der Waals surface area contributed by atoms with Gasteiger partial charge >= 0.3 is 5.97 Å². The Morgan fingerprint density at radius 2 is 2.29 bits per heavy atom. The van der Waals surface area contributed by atoms with Gasteiger partial charge in [0, 0.05) is 5.75 Å². The van der Waals surface area contributed by atoms with Crippen molar-refractivity contribution in [2.45, 2.75) is 32.0 Å². The van der Waals surface area contributed by atoms with E-state index in [1.165, 1.54) is 17.3 Å². The monoisotopic (exact) mass is 307 g/mol. The van der Waals surface area contributed by atoms with Gasteiger partial charge in [0.1, 0.15) is 6.04 Å². The van der Waals surface area contributed by atoms with Crippen molar-refractivity contribution < 1.29 is 9.53 Å². The van der Waals surface area contributed by atoms with Crippen molar-refractivity contribution in [1.82, 2.24) is 15.3 Å². The van der Waals surface area contributed by atoms with Gasteiger partial charge in [-0.2, -0.15) is 0 Å². The van der Waals surface area contributed by atoms with Gasteiger partial charge in [0.25, 0.3) is 0 Å². The highest BCUT2D eigenvalue weighted by Gasteiger charge is 2.19. The van der Waals surface area contributed by atoms with Gasteiger partial charge in [-0.3, -0.25) is 4.79 Å². The molecule has 21 heavy (non-hydrogen) atoms. The Kier molecular flexibility index (Phi) is 5.64. The number of aryl methyl sites for hydroxylation is 1. The summed E-state index contributed by atoms with van der Waals surface area (Å²) in [5.41, 5.74) is 3.16. The van der Waals surface area contributed by atoms with Crippen LogP contribution in [0.25, 0.3) is 11.0 Å². The molecule has 0 spiro atoms. The predicted molar refractivity (Wildman–Crippen MR) is 85.7 cm³/mol. The van der Waals surface area contributed by atoms with Crippen LogP contribution in [0.4, 0.5) is 0 Å². The number of aromatic nitrogens is 2. The maximum atomic E-state index is 11.8. The highest BCUT2D eigenvalue weighted by molar-refractivity contribution is 7.99. The Morgan fingerprint density at radius 1 is 1.48 bits per heavy atom. The Hall–Kier alpha value is -1.53. The zero-order valence-corrected chi connectivity index (χ0v) is 13.4. The lowest BCUT2D eigenvalue weighted by Crippen LogP contribution is -2.40. The summed E-state index contributed by atoms with van der Waals surface area (Å²) < 4.78 is 5.07. The molecular weight excluding hydrogens is 286 g/mol. The first-order valence-electron chi connectivity index (χ1n) is 7.13. The zero-order valence-electron chi connectivity index (χ0n) is 12.6. The average molecular weight is 307 g/mol. The number of carbonyl (C=O) groups excluding carboxylic acids is 1. The van der Waals surface area contributed by atoms with Crippen LogP contribution in [0.3, 0.4) is 0 Å². The van der Waals surface area contributed by atoms with E-state index >= 15 is 0 Å². The summed E-state index contributed by atoms with van der Waals surface area (Å²) >= 11 is 1.52. The van der Waals surface area contributed by atoms with Crippen LogP contribution in [0.1, 0.15) is 19.4 Å². The van der Waals surface area contributed by atoms with Crippen molar-refractivity contribution in [1.29, 1.82) is 0 Å². The summed E-state index contributed by atoms with van der Waals surface area (Å²) in [6.45, 7) is 6.96. The molecule has 1 aromatic carbocycles. The van der Waals surface area contributed by atoms with Crippen molar-refractivity contribution >= 4 is 28.8 Å². The van der Waals surface area contributed by atoms with Crippen molar-refractivity contribution in [2.75, 3.05) is 18.9 Å². The van der Waals surface area contributed by atoms with E-state index in [-0.39, 0.29) is 12.0 Å². The largest absolute Gasteiger partial charge is 0.465 e. The van der Waals surface area contributed by atoms with Gasteiger partial charge in [-0.25, -0.2) is 4.98 Å². The van der Waals surface area contributed by atoms with Crippen LogP contribution in [-0.4, -0.2) is 40.9 Å². The summed E-state index contributed by atoms with van der Waals surface area (Å²) in [5, 5.41) is 3.97. The fourth-order valence-electron chi connectivity index (χ4n) is 2.03. The number of hydrogen-bond donors (Lipinski definition) is 2. The first-order valence-corrected chi connectivity index (χ1v) is 8.11. The van der Waals surface area contributed by atoms with Crippen LogP contribution in [0, 0.1) is 6.92 Å². The number of rotatable bonds is 7. The smallest absolute Gasteiger partial charge is 0.323 e. The van der Waals surface area contributed by atoms with Crippen LogP contribution in [-0.2, 0) is 9.53 Å². The van der Waals surface area contributed by atoms with Gasteiger partial charge in [-0.05, 0) is 38.1 Å². The topological polar surface area (TPSA) is 67.0 Å². The summed E-state index contributed by atoms with van der Waals surface area (Å²) in [6.07, 6.45) is 0. The van der Waals surface area contributed by atoms with E-state index in [1.54, 1.807) is 0 Å². The van der Waals surface area contributed by atoms with Crippen LogP contribution in [0.15, 0.2) is 23.4 Å². The normalized spacial score (nSPS) is 12.5. The Bertz CT molecular complexity index is 612. The molecule has 1 heterocycles. The number of hydrogen-bond acceptors (Lipinski definition) is 5. The number of ether oxygens (including phenoxy) is 1. The lowest BCUT2D eigenvalue weighted by atomic mass is 10.2. The number of benzene rings is 1. The Labute approximate surface area is 128 Å². The van der Waals surface area contributed by atoms with Crippen molar-refractivity contribution in [3.05, 3.63) is 23.8 Å². The minimum Gasteiger partial charge on any atom is -0.465 e. The Morgan fingerprint density at radius 3 is 3.00 bits per heavy atom. The van der Waals surface area contributed by atoms with Gasteiger partial charge < -0.3 is 15.0 Å². The number of thioether (sulfide) groups is 1. The molecule has 0 aliphatic rings. The number of esters is 1. The fraction of sp³-hybridized carbons (Fsp3) is 0.467. The van der Waals surface area contributed by atoms with Crippen LogP contribution >= 0.6 is 11.8 Å².